The zero-order valence-electron chi connectivity index (χ0n) is 23.4. The largest absolute Gasteiger partial charge is 0.480 e. The number of carboxylic acid groups (broad SMARTS) is 1. The Bertz CT molecular complexity index is 1220. The highest BCUT2D eigenvalue weighted by molar-refractivity contribution is 5.74. The van der Waals surface area contributed by atoms with Crippen LogP contribution in [0.4, 0.5) is 0 Å². The van der Waals surface area contributed by atoms with Gasteiger partial charge in [-0.15, -0.1) is 5.10 Å². The van der Waals surface area contributed by atoms with Gasteiger partial charge in [-0.05, 0) is 72.2 Å². The second-order valence-corrected chi connectivity index (χ2v) is 12.2. The van der Waals surface area contributed by atoms with Crippen molar-refractivity contribution in [3.05, 3.63) is 77.6 Å². The lowest BCUT2D eigenvalue weighted by Crippen LogP contribution is -2.46. The van der Waals surface area contributed by atoms with Crippen LogP contribution in [0.25, 0.3) is 0 Å². The number of tetrazole rings is 1. The number of hydrogen-bond acceptors (Lipinski definition) is 6. The van der Waals surface area contributed by atoms with E-state index in [0.717, 1.165) is 77.1 Å². The maximum atomic E-state index is 12.5. The van der Waals surface area contributed by atoms with E-state index < -0.39 is 5.97 Å². The number of aliphatic carboxylic acids is 1. The van der Waals surface area contributed by atoms with E-state index in [1.54, 1.807) is 0 Å². The number of nitrogens with zero attached hydrogens (tertiary/aromatic N) is 6. The first-order chi connectivity index (χ1) is 19.7. The highest BCUT2D eigenvalue weighted by atomic mass is 16.4. The number of rotatable bonds is 9. The normalized spacial score (nSPS) is 24.3. The lowest BCUT2D eigenvalue weighted by atomic mass is 9.83. The molecule has 0 bridgehead atoms. The summed E-state index contributed by atoms with van der Waals surface area (Å²) in [4.78, 5) is 17.5. The summed E-state index contributed by atoms with van der Waals surface area (Å²) in [6, 6.07) is 20.8. The zero-order valence-corrected chi connectivity index (χ0v) is 23.4. The zero-order chi connectivity index (χ0) is 27.3. The summed E-state index contributed by atoms with van der Waals surface area (Å²) >= 11 is 0. The molecule has 8 heteroatoms. The number of benzene rings is 2. The molecule has 3 unspecified atom stereocenters. The van der Waals surface area contributed by atoms with Crippen molar-refractivity contribution in [3.8, 4) is 0 Å². The molecule has 2 aliphatic heterocycles. The fraction of sp³-hybridized carbons (Fsp3) is 0.562. The quantitative estimate of drug-likeness (QED) is 0.421. The maximum Gasteiger partial charge on any atom is 0.321 e. The molecule has 8 nitrogen and oxygen atoms in total. The Labute approximate surface area is 237 Å². The molecular formula is C32H42N6O2. The highest BCUT2D eigenvalue weighted by Crippen LogP contribution is 2.39. The van der Waals surface area contributed by atoms with Gasteiger partial charge in [-0.1, -0.05) is 79.9 Å². The second-order valence-electron chi connectivity index (χ2n) is 12.2. The summed E-state index contributed by atoms with van der Waals surface area (Å²) in [5.41, 5.74) is 2.55. The maximum absolute atomic E-state index is 12.5. The molecule has 0 spiro atoms. The molecule has 3 aromatic rings. The number of aromatic nitrogens is 4. The van der Waals surface area contributed by atoms with E-state index in [9.17, 15) is 9.90 Å². The smallest absolute Gasteiger partial charge is 0.321 e. The van der Waals surface area contributed by atoms with Crippen LogP contribution in [0.3, 0.4) is 0 Å². The molecule has 2 aromatic carbocycles. The number of carbonyl (C=O) groups is 1. The predicted molar refractivity (Wildman–Crippen MR) is 154 cm³/mol. The molecule has 6 rings (SSSR count). The van der Waals surface area contributed by atoms with E-state index in [0.29, 0.717) is 24.3 Å². The molecule has 1 saturated carbocycles. The highest BCUT2D eigenvalue weighted by Gasteiger charge is 2.43. The van der Waals surface area contributed by atoms with Crippen LogP contribution in [0.5, 0.6) is 0 Å². The first-order valence-corrected chi connectivity index (χ1v) is 15.2. The van der Waals surface area contributed by atoms with Gasteiger partial charge in [-0.2, -0.15) is 0 Å². The Balaban J connectivity index is 1.12. The monoisotopic (exact) mass is 542 g/mol. The number of piperidine rings is 1. The third kappa shape index (κ3) is 6.13. The van der Waals surface area contributed by atoms with Gasteiger partial charge in [0.1, 0.15) is 6.04 Å². The van der Waals surface area contributed by atoms with Crippen molar-refractivity contribution in [2.75, 3.05) is 32.7 Å². The van der Waals surface area contributed by atoms with Gasteiger partial charge in [0.15, 0.2) is 5.82 Å². The average molecular weight is 543 g/mol. The SMILES string of the molecule is O=C(O)C(C1CCCCC1)N1CC(CN2CCC(c3nnnn3Cc3ccccc3)CC2)C(c2ccccc2)C1. The summed E-state index contributed by atoms with van der Waals surface area (Å²) in [6.45, 7) is 5.45. The molecule has 0 radical (unpaired) electrons. The van der Waals surface area contributed by atoms with Gasteiger partial charge in [0, 0.05) is 31.5 Å². The van der Waals surface area contributed by atoms with Gasteiger partial charge in [0.05, 0.1) is 6.54 Å². The Hall–Kier alpha value is -3.10. The Morgan fingerprint density at radius 2 is 1.60 bits per heavy atom. The second kappa shape index (κ2) is 12.6. The minimum absolute atomic E-state index is 0.277. The molecule has 3 atom stereocenters. The molecule has 0 amide bonds. The number of carboxylic acids is 1. The molecule has 3 fully saturated rings. The van der Waals surface area contributed by atoms with E-state index in [4.69, 9.17) is 0 Å². The molecule has 2 saturated heterocycles. The van der Waals surface area contributed by atoms with Crippen LogP contribution in [0.2, 0.25) is 0 Å². The molecule has 1 aliphatic carbocycles. The van der Waals surface area contributed by atoms with E-state index in [-0.39, 0.29) is 12.0 Å². The van der Waals surface area contributed by atoms with Gasteiger partial charge < -0.3 is 10.0 Å². The van der Waals surface area contributed by atoms with Crippen LogP contribution < -0.4 is 0 Å². The molecule has 212 valence electrons. The minimum atomic E-state index is -0.631. The summed E-state index contributed by atoms with van der Waals surface area (Å²) in [6.07, 6.45) is 7.75. The minimum Gasteiger partial charge on any atom is -0.480 e. The average Bonchev–Trinajstić information content (AvgIpc) is 3.62. The van der Waals surface area contributed by atoms with E-state index >= 15 is 0 Å². The Morgan fingerprint density at radius 3 is 2.30 bits per heavy atom. The lowest BCUT2D eigenvalue weighted by molar-refractivity contribution is -0.145. The molecule has 3 heterocycles. The Morgan fingerprint density at radius 1 is 0.900 bits per heavy atom. The summed E-state index contributed by atoms with van der Waals surface area (Å²) in [5, 5.41) is 23.1. The topological polar surface area (TPSA) is 87.4 Å². The summed E-state index contributed by atoms with van der Waals surface area (Å²) < 4.78 is 1.97. The first-order valence-electron chi connectivity index (χ1n) is 15.2. The number of likely N-dealkylation sites (tertiary alicyclic amines) is 2. The van der Waals surface area contributed by atoms with Crippen LogP contribution >= 0.6 is 0 Å². The van der Waals surface area contributed by atoms with Crippen molar-refractivity contribution in [1.82, 2.24) is 30.0 Å². The van der Waals surface area contributed by atoms with E-state index in [1.807, 2.05) is 10.7 Å². The van der Waals surface area contributed by atoms with Crippen LogP contribution in [0, 0.1) is 11.8 Å². The molecular weight excluding hydrogens is 500 g/mol. The van der Waals surface area contributed by atoms with Gasteiger partial charge >= 0.3 is 5.97 Å². The van der Waals surface area contributed by atoms with Crippen molar-refractivity contribution in [3.63, 3.8) is 0 Å². The van der Waals surface area contributed by atoms with Crippen molar-refractivity contribution in [1.29, 1.82) is 0 Å². The third-order valence-electron chi connectivity index (χ3n) is 9.62. The van der Waals surface area contributed by atoms with Crippen molar-refractivity contribution in [2.45, 2.75) is 69.4 Å². The van der Waals surface area contributed by atoms with E-state index in [1.165, 1.54) is 17.5 Å². The van der Waals surface area contributed by atoms with Gasteiger partial charge in [-0.3, -0.25) is 9.69 Å². The summed E-state index contributed by atoms with van der Waals surface area (Å²) in [7, 11) is 0. The third-order valence-corrected chi connectivity index (χ3v) is 9.62. The van der Waals surface area contributed by atoms with Crippen molar-refractivity contribution < 1.29 is 9.90 Å². The summed E-state index contributed by atoms with van der Waals surface area (Å²) in [5.74, 6) is 1.79. The van der Waals surface area contributed by atoms with Crippen LogP contribution in [-0.2, 0) is 11.3 Å². The predicted octanol–water partition coefficient (Wildman–Crippen LogP) is 4.65. The van der Waals surface area contributed by atoms with Crippen molar-refractivity contribution >= 4 is 5.97 Å². The van der Waals surface area contributed by atoms with Crippen molar-refractivity contribution in [2.24, 2.45) is 11.8 Å². The fourth-order valence-corrected chi connectivity index (χ4v) is 7.58. The van der Waals surface area contributed by atoms with Gasteiger partial charge in [0.2, 0.25) is 0 Å². The number of hydrogen-bond donors (Lipinski definition) is 1. The van der Waals surface area contributed by atoms with Gasteiger partial charge in [-0.25, -0.2) is 4.68 Å². The molecule has 1 aromatic heterocycles. The standard InChI is InChI=1S/C32H42N6O2/c39-32(40)30(26-14-8-3-9-15-26)37-22-28(29(23-37)25-12-6-2-7-13-25)21-36-18-16-27(17-19-36)31-33-34-35-38(31)20-24-10-4-1-5-11-24/h1-2,4-7,10-13,26-30H,3,8-9,14-23H2,(H,39,40). The van der Waals surface area contributed by atoms with Gasteiger partial charge in [0.25, 0.3) is 0 Å². The first kappa shape index (κ1) is 27.1. The Kier molecular flexibility index (Phi) is 8.54. The molecule has 3 aliphatic rings. The van der Waals surface area contributed by atoms with E-state index in [2.05, 4.69) is 79.9 Å². The van der Waals surface area contributed by atoms with Crippen LogP contribution in [-0.4, -0.2) is 79.8 Å². The van der Waals surface area contributed by atoms with Crippen LogP contribution in [0.1, 0.15) is 73.7 Å². The van der Waals surface area contributed by atoms with Crippen LogP contribution in [0.15, 0.2) is 60.7 Å². The lowest BCUT2D eigenvalue weighted by Gasteiger charge is -2.35. The molecule has 40 heavy (non-hydrogen) atoms. The molecule has 1 N–H and O–H groups in total. The fourth-order valence-electron chi connectivity index (χ4n) is 7.58.